The first-order chi connectivity index (χ1) is 12.3. The Balaban J connectivity index is 1.82. The summed E-state index contributed by atoms with van der Waals surface area (Å²) in [6.45, 7) is 7.33. The van der Waals surface area contributed by atoms with E-state index in [1.165, 1.54) is 34.5 Å². The molecule has 0 saturated carbocycles. The van der Waals surface area contributed by atoms with Crippen LogP contribution in [0.5, 0.6) is 0 Å². The number of thiazole rings is 2. The van der Waals surface area contributed by atoms with Gasteiger partial charge in [-0.25, -0.2) is 9.97 Å². The summed E-state index contributed by atoms with van der Waals surface area (Å²) in [5, 5.41) is 3.82. The van der Waals surface area contributed by atoms with Gasteiger partial charge in [0.05, 0.1) is 24.2 Å². The second-order valence-corrected chi connectivity index (χ2v) is 7.89. The molecule has 0 unspecified atom stereocenters. The number of rotatable bonds is 5. The van der Waals surface area contributed by atoms with Crippen molar-refractivity contribution in [3.63, 3.8) is 0 Å². The largest absolute Gasteiger partial charge is 0.467 e. The molecule has 3 aromatic rings. The van der Waals surface area contributed by atoms with Crippen LogP contribution in [0.2, 0.25) is 0 Å². The minimum absolute atomic E-state index is 0.173. The zero-order chi connectivity index (χ0) is 18.8. The van der Waals surface area contributed by atoms with Gasteiger partial charge in [0, 0.05) is 11.8 Å². The normalized spacial score (nSPS) is 10.8. The summed E-state index contributed by atoms with van der Waals surface area (Å²) in [7, 11) is 0. The fourth-order valence-corrected chi connectivity index (χ4v) is 4.08. The SMILES string of the molecule is CC(=O)N(Cc1ccco1)c1nc(C)c(C(=O)Nc2nc(C)c(C)s2)s1. The number of furan rings is 1. The molecule has 26 heavy (non-hydrogen) atoms. The smallest absolute Gasteiger partial charge is 0.269 e. The van der Waals surface area contributed by atoms with Crippen LogP contribution < -0.4 is 10.2 Å². The van der Waals surface area contributed by atoms with Gasteiger partial charge in [-0.15, -0.1) is 11.3 Å². The van der Waals surface area contributed by atoms with E-state index in [4.69, 9.17) is 4.42 Å². The van der Waals surface area contributed by atoms with E-state index < -0.39 is 0 Å². The molecule has 0 spiro atoms. The topological polar surface area (TPSA) is 88.3 Å². The predicted molar refractivity (Wildman–Crippen MR) is 102 cm³/mol. The molecule has 0 bridgehead atoms. The van der Waals surface area contributed by atoms with Gasteiger partial charge < -0.3 is 4.42 Å². The lowest BCUT2D eigenvalue weighted by Gasteiger charge is -2.16. The molecule has 0 radical (unpaired) electrons. The summed E-state index contributed by atoms with van der Waals surface area (Å²) in [6, 6.07) is 3.55. The van der Waals surface area contributed by atoms with Gasteiger partial charge in [-0.3, -0.25) is 19.8 Å². The number of amides is 2. The van der Waals surface area contributed by atoms with Crippen LogP contribution >= 0.6 is 22.7 Å². The van der Waals surface area contributed by atoms with Crippen molar-refractivity contribution in [3.8, 4) is 0 Å². The van der Waals surface area contributed by atoms with E-state index in [1.54, 1.807) is 25.3 Å². The molecule has 0 saturated heterocycles. The first-order valence-electron chi connectivity index (χ1n) is 7.88. The van der Waals surface area contributed by atoms with Gasteiger partial charge in [0.1, 0.15) is 10.6 Å². The quantitative estimate of drug-likeness (QED) is 0.713. The van der Waals surface area contributed by atoms with Crippen LogP contribution in [0.3, 0.4) is 0 Å². The maximum absolute atomic E-state index is 12.6. The van der Waals surface area contributed by atoms with Crippen LogP contribution in [-0.2, 0) is 11.3 Å². The van der Waals surface area contributed by atoms with E-state index in [1.807, 2.05) is 13.8 Å². The molecule has 0 aliphatic heterocycles. The molecule has 3 aromatic heterocycles. The van der Waals surface area contributed by atoms with E-state index in [-0.39, 0.29) is 18.4 Å². The zero-order valence-electron chi connectivity index (χ0n) is 14.8. The Morgan fingerprint density at radius 2 is 1.96 bits per heavy atom. The second-order valence-electron chi connectivity index (χ2n) is 5.71. The Morgan fingerprint density at radius 3 is 2.54 bits per heavy atom. The summed E-state index contributed by atoms with van der Waals surface area (Å²) < 4.78 is 5.31. The molecular weight excluding hydrogens is 372 g/mol. The van der Waals surface area contributed by atoms with Gasteiger partial charge in [-0.1, -0.05) is 11.3 Å². The third kappa shape index (κ3) is 3.83. The molecule has 0 atom stereocenters. The average Bonchev–Trinajstić information content (AvgIpc) is 3.27. The molecule has 3 rings (SSSR count). The molecule has 0 fully saturated rings. The Labute approximate surface area is 158 Å². The summed E-state index contributed by atoms with van der Waals surface area (Å²) in [5.41, 5.74) is 1.46. The van der Waals surface area contributed by atoms with Gasteiger partial charge in [-0.2, -0.15) is 0 Å². The molecule has 136 valence electrons. The fourth-order valence-electron chi connectivity index (χ4n) is 2.26. The first-order valence-corrected chi connectivity index (χ1v) is 9.51. The fraction of sp³-hybridized carbons (Fsp3) is 0.294. The van der Waals surface area contributed by atoms with E-state index in [0.717, 1.165) is 10.6 Å². The van der Waals surface area contributed by atoms with Gasteiger partial charge in [0.2, 0.25) is 5.91 Å². The van der Waals surface area contributed by atoms with Crippen LogP contribution in [-0.4, -0.2) is 21.8 Å². The van der Waals surface area contributed by atoms with Crippen molar-refractivity contribution in [1.82, 2.24) is 9.97 Å². The third-order valence-electron chi connectivity index (χ3n) is 3.75. The molecule has 3 heterocycles. The van der Waals surface area contributed by atoms with Crippen LogP contribution in [0.25, 0.3) is 0 Å². The monoisotopic (exact) mass is 390 g/mol. The minimum atomic E-state index is -0.276. The number of aromatic nitrogens is 2. The summed E-state index contributed by atoms with van der Waals surface area (Å²) in [5.74, 6) is 0.197. The number of carbonyl (C=O) groups excluding carboxylic acids is 2. The number of carbonyl (C=O) groups is 2. The molecule has 2 amide bonds. The van der Waals surface area contributed by atoms with Crippen molar-refractivity contribution in [2.75, 3.05) is 10.2 Å². The predicted octanol–water partition coefficient (Wildman–Crippen LogP) is 3.92. The summed E-state index contributed by atoms with van der Waals surface area (Å²) in [4.78, 5) is 36.3. The van der Waals surface area contributed by atoms with Gasteiger partial charge in [0.25, 0.3) is 5.91 Å². The first kappa shape index (κ1) is 18.3. The standard InChI is InChI=1S/C17H18N4O3S2/c1-9-11(3)25-16(18-9)20-15(23)14-10(2)19-17(26-14)21(12(4)22)8-13-6-5-7-24-13/h5-7H,8H2,1-4H3,(H,18,20,23). The van der Waals surface area contributed by atoms with Crippen molar-refractivity contribution >= 4 is 44.8 Å². The maximum atomic E-state index is 12.6. The Kier molecular flexibility index (Phi) is 5.19. The second kappa shape index (κ2) is 7.38. The van der Waals surface area contributed by atoms with Gasteiger partial charge in [-0.05, 0) is 32.9 Å². The average molecular weight is 390 g/mol. The molecule has 1 N–H and O–H groups in total. The molecule has 7 nitrogen and oxygen atoms in total. The van der Waals surface area contributed by atoms with Crippen LogP contribution in [0, 0.1) is 20.8 Å². The van der Waals surface area contributed by atoms with E-state index in [9.17, 15) is 9.59 Å². The lowest BCUT2D eigenvalue weighted by atomic mass is 10.4. The number of hydrogen-bond acceptors (Lipinski definition) is 7. The number of anilines is 2. The minimum Gasteiger partial charge on any atom is -0.467 e. The molecule has 0 aliphatic rings. The number of hydrogen-bond donors (Lipinski definition) is 1. The van der Waals surface area contributed by atoms with Crippen LogP contribution in [0.4, 0.5) is 10.3 Å². The molecule has 9 heteroatoms. The van der Waals surface area contributed by atoms with E-state index in [2.05, 4.69) is 15.3 Å². The zero-order valence-corrected chi connectivity index (χ0v) is 16.5. The van der Waals surface area contributed by atoms with Gasteiger partial charge >= 0.3 is 0 Å². The van der Waals surface area contributed by atoms with Gasteiger partial charge in [0.15, 0.2) is 10.3 Å². The van der Waals surface area contributed by atoms with Crippen molar-refractivity contribution in [3.05, 3.63) is 45.3 Å². The summed E-state index contributed by atoms with van der Waals surface area (Å²) in [6.07, 6.45) is 1.55. The van der Waals surface area contributed by atoms with E-state index >= 15 is 0 Å². The number of aryl methyl sites for hydroxylation is 3. The Bertz CT molecular complexity index is 924. The van der Waals surface area contributed by atoms with Crippen molar-refractivity contribution < 1.29 is 14.0 Å². The van der Waals surface area contributed by atoms with Crippen LogP contribution in [0.1, 0.15) is 38.6 Å². The highest BCUT2D eigenvalue weighted by molar-refractivity contribution is 7.18. The molecule has 0 aromatic carbocycles. The third-order valence-corrected chi connectivity index (χ3v) is 5.91. The number of nitrogens with zero attached hydrogens (tertiary/aromatic N) is 3. The van der Waals surface area contributed by atoms with Crippen molar-refractivity contribution in [1.29, 1.82) is 0 Å². The molecular formula is C17H18N4O3S2. The maximum Gasteiger partial charge on any atom is 0.269 e. The van der Waals surface area contributed by atoms with E-state index in [0.29, 0.717) is 26.6 Å². The lowest BCUT2D eigenvalue weighted by Crippen LogP contribution is -2.27. The van der Waals surface area contributed by atoms with Crippen LogP contribution in [0.15, 0.2) is 22.8 Å². The molecule has 0 aliphatic carbocycles. The van der Waals surface area contributed by atoms with Crippen molar-refractivity contribution in [2.45, 2.75) is 34.2 Å². The Hall–Kier alpha value is -2.52. The summed E-state index contributed by atoms with van der Waals surface area (Å²) >= 11 is 2.60. The lowest BCUT2D eigenvalue weighted by molar-refractivity contribution is -0.116. The highest BCUT2D eigenvalue weighted by Gasteiger charge is 2.23. The van der Waals surface area contributed by atoms with Crippen molar-refractivity contribution in [2.24, 2.45) is 0 Å². The highest BCUT2D eigenvalue weighted by atomic mass is 32.1. The number of nitrogens with one attached hydrogen (secondary N) is 1. The Morgan fingerprint density at radius 1 is 1.19 bits per heavy atom. The highest BCUT2D eigenvalue weighted by Crippen LogP contribution is 2.29.